The Morgan fingerprint density at radius 2 is 2.09 bits per heavy atom. The zero-order chi connectivity index (χ0) is 24.8. The Hall–Kier alpha value is -3.80. The van der Waals surface area contributed by atoms with Crippen molar-refractivity contribution in [2.24, 2.45) is 0 Å². The molecule has 1 aromatic heterocycles. The van der Waals surface area contributed by atoms with E-state index < -0.39 is 0 Å². The number of thiazole rings is 1. The minimum absolute atomic E-state index is 0.0110. The third kappa shape index (κ3) is 6.01. The minimum atomic E-state index is -0.367. The Kier molecular flexibility index (Phi) is 7.70. The largest absolute Gasteiger partial charge is 0.376 e. The normalized spacial score (nSPS) is 16.3. The monoisotopic (exact) mass is 487 g/mol. The van der Waals surface area contributed by atoms with Gasteiger partial charge < -0.3 is 10.1 Å². The molecule has 1 atom stereocenters. The van der Waals surface area contributed by atoms with Gasteiger partial charge in [-0.1, -0.05) is 36.4 Å². The standard InChI is InChI=1S/C27H25N3O4S/c1-18-6-2-3-10-22(18)23(31)14-26-30(17-25(32)29-16-21-9-5-11-34-21)27(33)24(35-26)13-19-7-4-8-20(12-19)15-28/h2-4,6-8,10,12-14,21H,5,9,11,16-17H2,1H3,(H,29,32)/t21-/m0/s1. The number of hydrogen-bond donors (Lipinski definition) is 1. The van der Waals surface area contributed by atoms with Crippen molar-refractivity contribution in [3.8, 4) is 6.07 Å². The molecule has 0 unspecified atom stereocenters. The first-order valence-electron chi connectivity index (χ1n) is 11.4. The summed E-state index contributed by atoms with van der Waals surface area (Å²) in [4.78, 5) is 38.9. The maximum absolute atomic E-state index is 13.3. The van der Waals surface area contributed by atoms with Crippen molar-refractivity contribution in [1.82, 2.24) is 9.88 Å². The number of amides is 1. The van der Waals surface area contributed by atoms with Crippen LogP contribution in [-0.2, 0) is 16.1 Å². The van der Waals surface area contributed by atoms with Crippen LogP contribution < -0.4 is 20.1 Å². The van der Waals surface area contributed by atoms with E-state index in [1.165, 1.54) is 10.6 Å². The van der Waals surface area contributed by atoms with Crippen LogP contribution >= 0.6 is 11.3 Å². The lowest BCUT2D eigenvalue weighted by Gasteiger charge is -2.11. The number of aromatic nitrogens is 1. The molecular weight excluding hydrogens is 462 g/mol. The second-order valence-corrected chi connectivity index (χ2v) is 9.40. The lowest BCUT2D eigenvalue weighted by Crippen LogP contribution is -2.40. The summed E-state index contributed by atoms with van der Waals surface area (Å²) in [7, 11) is 0. The van der Waals surface area contributed by atoms with Gasteiger partial charge in [0.15, 0.2) is 5.78 Å². The van der Waals surface area contributed by atoms with E-state index >= 15 is 0 Å². The molecule has 7 nitrogen and oxygen atoms in total. The summed E-state index contributed by atoms with van der Waals surface area (Å²) in [5, 5.41) is 12.0. The van der Waals surface area contributed by atoms with E-state index in [0.717, 1.165) is 29.7 Å². The van der Waals surface area contributed by atoms with Crippen LogP contribution in [0.5, 0.6) is 0 Å². The van der Waals surface area contributed by atoms with Gasteiger partial charge >= 0.3 is 0 Å². The first-order valence-corrected chi connectivity index (χ1v) is 12.2. The van der Waals surface area contributed by atoms with Gasteiger partial charge in [0.2, 0.25) is 5.91 Å². The molecular formula is C27H25N3O4S. The zero-order valence-corrected chi connectivity index (χ0v) is 20.1. The molecule has 1 saturated heterocycles. The third-order valence-electron chi connectivity index (χ3n) is 5.77. The van der Waals surface area contributed by atoms with Gasteiger partial charge in [-0.25, -0.2) is 0 Å². The summed E-state index contributed by atoms with van der Waals surface area (Å²) in [6.45, 7) is 2.72. The van der Waals surface area contributed by atoms with Crippen molar-refractivity contribution in [2.45, 2.75) is 32.4 Å². The quantitative estimate of drug-likeness (QED) is 0.513. The Morgan fingerprint density at radius 3 is 2.83 bits per heavy atom. The fourth-order valence-electron chi connectivity index (χ4n) is 3.91. The van der Waals surface area contributed by atoms with E-state index in [9.17, 15) is 14.4 Å². The molecule has 0 radical (unpaired) electrons. The Bertz CT molecular complexity index is 1470. The van der Waals surface area contributed by atoms with Crippen molar-refractivity contribution in [1.29, 1.82) is 5.26 Å². The van der Waals surface area contributed by atoms with E-state index in [1.807, 2.05) is 19.1 Å². The molecule has 1 amide bonds. The van der Waals surface area contributed by atoms with Crippen molar-refractivity contribution >= 4 is 35.2 Å². The number of carbonyl (C=O) groups excluding carboxylic acids is 2. The van der Waals surface area contributed by atoms with Crippen LogP contribution in [0.1, 0.15) is 39.9 Å². The van der Waals surface area contributed by atoms with Gasteiger partial charge in [-0.3, -0.25) is 19.0 Å². The number of ether oxygens (including phenoxy) is 1. The Balaban J connectivity index is 1.72. The molecule has 0 saturated carbocycles. The lowest BCUT2D eigenvalue weighted by atomic mass is 10.1. The number of hydrogen-bond acceptors (Lipinski definition) is 6. The molecule has 1 aliphatic heterocycles. The maximum Gasteiger partial charge on any atom is 0.269 e. The molecule has 1 fully saturated rings. The molecule has 178 valence electrons. The van der Waals surface area contributed by atoms with Crippen LogP contribution in [0.25, 0.3) is 12.2 Å². The van der Waals surface area contributed by atoms with Crippen LogP contribution in [0.2, 0.25) is 0 Å². The molecule has 2 aromatic carbocycles. The summed E-state index contributed by atoms with van der Waals surface area (Å²) in [5.74, 6) is -0.563. The SMILES string of the molecule is Cc1ccccc1C(=O)C=c1sc(=Cc2cccc(C#N)c2)c(=O)n1CC(=O)NC[C@@H]1CCCO1. The first-order chi connectivity index (χ1) is 16.9. The van der Waals surface area contributed by atoms with E-state index in [4.69, 9.17) is 10.00 Å². The number of aryl methyl sites for hydroxylation is 1. The molecule has 0 bridgehead atoms. The lowest BCUT2D eigenvalue weighted by molar-refractivity contribution is -0.122. The molecule has 1 aliphatic rings. The highest BCUT2D eigenvalue weighted by molar-refractivity contribution is 7.07. The Morgan fingerprint density at radius 1 is 1.26 bits per heavy atom. The van der Waals surface area contributed by atoms with Crippen molar-refractivity contribution < 1.29 is 14.3 Å². The smallest absolute Gasteiger partial charge is 0.269 e. The predicted molar refractivity (Wildman–Crippen MR) is 135 cm³/mol. The molecule has 1 N–H and O–H groups in total. The van der Waals surface area contributed by atoms with E-state index in [-0.39, 0.29) is 29.9 Å². The topological polar surface area (TPSA) is 101 Å². The van der Waals surface area contributed by atoms with Gasteiger partial charge in [0.25, 0.3) is 5.56 Å². The highest BCUT2D eigenvalue weighted by atomic mass is 32.1. The van der Waals surface area contributed by atoms with E-state index in [0.29, 0.717) is 39.0 Å². The number of nitrogens with one attached hydrogen (secondary N) is 1. The highest BCUT2D eigenvalue weighted by Gasteiger charge is 2.17. The van der Waals surface area contributed by atoms with Crippen LogP contribution in [0.15, 0.2) is 53.3 Å². The molecule has 4 rings (SSSR count). The van der Waals surface area contributed by atoms with Crippen LogP contribution in [0, 0.1) is 18.3 Å². The van der Waals surface area contributed by atoms with Crippen molar-refractivity contribution in [2.75, 3.05) is 13.2 Å². The van der Waals surface area contributed by atoms with Crippen molar-refractivity contribution in [3.63, 3.8) is 0 Å². The Labute approximate surface area is 206 Å². The van der Waals surface area contributed by atoms with Gasteiger partial charge in [0.05, 0.1) is 22.3 Å². The summed E-state index contributed by atoms with van der Waals surface area (Å²) >= 11 is 1.14. The van der Waals surface area contributed by atoms with Gasteiger partial charge in [-0.2, -0.15) is 5.26 Å². The summed E-state index contributed by atoms with van der Waals surface area (Å²) in [6, 6.07) is 16.2. The third-order valence-corrected chi connectivity index (χ3v) is 6.83. The van der Waals surface area contributed by atoms with Crippen LogP contribution in [0.4, 0.5) is 0 Å². The molecule has 35 heavy (non-hydrogen) atoms. The molecule has 3 aromatic rings. The van der Waals surface area contributed by atoms with Gasteiger partial charge in [-0.05, 0) is 49.1 Å². The first kappa shape index (κ1) is 24.3. The van der Waals surface area contributed by atoms with Crippen LogP contribution in [-0.4, -0.2) is 35.5 Å². The number of nitriles is 1. The van der Waals surface area contributed by atoms with Gasteiger partial charge in [0, 0.05) is 24.8 Å². The number of ketones is 1. The van der Waals surface area contributed by atoms with Crippen LogP contribution in [0.3, 0.4) is 0 Å². The molecule has 0 spiro atoms. The fraction of sp³-hybridized carbons (Fsp3) is 0.259. The average molecular weight is 488 g/mol. The molecule has 8 heteroatoms. The summed E-state index contributed by atoms with van der Waals surface area (Å²) in [5.41, 5.74) is 2.16. The fourth-order valence-corrected chi connectivity index (χ4v) is 4.96. The number of nitrogens with zero attached hydrogens (tertiary/aromatic N) is 2. The molecule has 0 aliphatic carbocycles. The predicted octanol–water partition coefficient (Wildman–Crippen LogP) is 1.88. The van der Waals surface area contributed by atoms with Gasteiger partial charge in [0.1, 0.15) is 11.2 Å². The average Bonchev–Trinajstić information content (AvgIpc) is 3.47. The van der Waals surface area contributed by atoms with Gasteiger partial charge in [-0.15, -0.1) is 11.3 Å². The van der Waals surface area contributed by atoms with E-state index in [1.54, 1.807) is 42.5 Å². The number of Topliss-reactive ketones (excluding diaryl/α,β-unsaturated/α-hetero) is 1. The van der Waals surface area contributed by atoms with Crippen molar-refractivity contribution in [3.05, 3.63) is 90.3 Å². The summed E-state index contributed by atoms with van der Waals surface area (Å²) in [6.07, 6.45) is 4.93. The second kappa shape index (κ2) is 11.1. The zero-order valence-electron chi connectivity index (χ0n) is 19.3. The highest BCUT2D eigenvalue weighted by Crippen LogP contribution is 2.11. The number of rotatable bonds is 7. The van der Waals surface area contributed by atoms with E-state index in [2.05, 4.69) is 11.4 Å². The summed E-state index contributed by atoms with van der Waals surface area (Å²) < 4.78 is 7.63. The second-order valence-electron chi connectivity index (χ2n) is 8.34. The number of carbonyl (C=O) groups is 2. The molecule has 2 heterocycles. The minimum Gasteiger partial charge on any atom is -0.376 e. The maximum atomic E-state index is 13.3. The number of benzene rings is 2.